The molecule has 0 amide bonds. The van der Waals surface area contributed by atoms with Gasteiger partial charge in [-0.15, -0.1) is 0 Å². The molecule has 0 spiro atoms. The summed E-state index contributed by atoms with van der Waals surface area (Å²) in [5.41, 5.74) is 9.77. The van der Waals surface area contributed by atoms with Crippen LogP contribution in [0.1, 0.15) is 0 Å². The van der Waals surface area contributed by atoms with E-state index in [0.29, 0.717) is 17.5 Å². The first kappa shape index (κ1) is 32.4. The van der Waals surface area contributed by atoms with E-state index in [-0.39, 0.29) is 0 Å². The third-order valence-corrected chi connectivity index (χ3v) is 11.5. The van der Waals surface area contributed by atoms with Crippen LogP contribution in [0.5, 0.6) is 0 Å². The van der Waals surface area contributed by atoms with Crippen LogP contribution in [0.2, 0.25) is 0 Å². The SMILES string of the molecule is c1ccc(-c2nc(-c3ccccc3)nc(-c3cccc4c(-n5c6cc7c(cc6c6ccc8ccccc8c65)c5ccccc5n7-c5ccccc5)cccc34)n2)cc1. The lowest BCUT2D eigenvalue weighted by molar-refractivity contribution is 1.08. The number of para-hydroxylation sites is 2. The number of rotatable bonds is 5. The van der Waals surface area contributed by atoms with E-state index in [1.54, 1.807) is 0 Å². The highest BCUT2D eigenvalue weighted by Gasteiger charge is 2.22. The highest BCUT2D eigenvalue weighted by Crippen LogP contribution is 2.43. The molecule has 5 heteroatoms. The lowest BCUT2D eigenvalue weighted by Gasteiger charge is -2.15. The maximum absolute atomic E-state index is 5.14. The molecular formula is C53H33N5. The molecule has 3 heterocycles. The first-order valence-corrected chi connectivity index (χ1v) is 19.6. The number of aromatic nitrogens is 5. The molecule has 0 fully saturated rings. The molecular weight excluding hydrogens is 707 g/mol. The first-order chi connectivity index (χ1) is 28.8. The van der Waals surface area contributed by atoms with Crippen molar-refractivity contribution in [1.82, 2.24) is 24.1 Å². The Kier molecular flexibility index (Phi) is 7.16. The van der Waals surface area contributed by atoms with Gasteiger partial charge in [0.15, 0.2) is 17.5 Å². The Morgan fingerprint density at radius 2 is 0.879 bits per heavy atom. The molecule has 0 aliphatic rings. The fourth-order valence-electron chi connectivity index (χ4n) is 8.96. The van der Waals surface area contributed by atoms with Crippen molar-refractivity contribution in [3.05, 3.63) is 200 Å². The van der Waals surface area contributed by atoms with E-state index in [9.17, 15) is 0 Å². The van der Waals surface area contributed by atoms with Crippen LogP contribution in [0, 0.1) is 0 Å². The molecule has 0 N–H and O–H groups in total. The minimum Gasteiger partial charge on any atom is -0.309 e. The van der Waals surface area contributed by atoms with Gasteiger partial charge >= 0.3 is 0 Å². The topological polar surface area (TPSA) is 48.5 Å². The molecule has 0 atom stereocenters. The fourth-order valence-corrected chi connectivity index (χ4v) is 8.96. The zero-order chi connectivity index (χ0) is 38.2. The molecule has 0 radical (unpaired) electrons. The maximum atomic E-state index is 5.14. The van der Waals surface area contributed by atoms with Gasteiger partial charge in [0.25, 0.3) is 0 Å². The number of benzene rings is 9. The van der Waals surface area contributed by atoms with Crippen LogP contribution >= 0.6 is 0 Å². The fraction of sp³-hybridized carbons (Fsp3) is 0. The van der Waals surface area contributed by atoms with Crippen molar-refractivity contribution >= 4 is 65.2 Å². The van der Waals surface area contributed by atoms with E-state index in [4.69, 9.17) is 15.0 Å². The molecule has 0 aliphatic carbocycles. The second-order valence-corrected chi connectivity index (χ2v) is 14.8. The van der Waals surface area contributed by atoms with Crippen LogP contribution in [0.15, 0.2) is 200 Å². The van der Waals surface area contributed by atoms with E-state index >= 15 is 0 Å². The molecule has 58 heavy (non-hydrogen) atoms. The van der Waals surface area contributed by atoms with Crippen LogP contribution < -0.4 is 0 Å². The van der Waals surface area contributed by atoms with Crippen LogP contribution in [0.3, 0.4) is 0 Å². The zero-order valence-electron chi connectivity index (χ0n) is 31.3. The van der Waals surface area contributed by atoms with E-state index in [2.05, 4.69) is 173 Å². The summed E-state index contributed by atoms with van der Waals surface area (Å²) in [6.45, 7) is 0. The van der Waals surface area contributed by atoms with E-state index in [0.717, 1.165) is 44.4 Å². The molecule has 0 bridgehead atoms. The summed E-state index contributed by atoms with van der Waals surface area (Å²) in [6.07, 6.45) is 0. The lowest BCUT2D eigenvalue weighted by Crippen LogP contribution is -2.01. The minimum atomic E-state index is 0.636. The van der Waals surface area contributed by atoms with Crippen molar-refractivity contribution in [2.75, 3.05) is 0 Å². The smallest absolute Gasteiger partial charge is 0.164 e. The number of hydrogen-bond donors (Lipinski definition) is 0. The van der Waals surface area contributed by atoms with Crippen molar-refractivity contribution in [3.63, 3.8) is 0 Å². The predicted molar refractivity (Wildman–Crippen MR) is 240 cm³/mol. The first-order valence-electron chi connectivity index (χ1n) is 19.6. The third-order valence-electron chi connectivity index (χ3n) is 11.5. The molecule has 9 aromatic carbocycles. The molecule has 12 aromatic rings. The third kappa shape index (κ3) is 4.93. The van der Waals surface area contributed by atoms with Gasteiger partial charge in [0, 0.05) is 54.7 Å². The van der Waals surface area contributed by atoms with Gasteiger partial charge in [-0.1, -0.05) is 164 Å². The molecule has 12 rings (SSSR count). The second-order valence-electron chi connectivity index (χ2n) is 14.8. The Balaban J connectivity index is 1.17. The number of hydrogen-bond acceptors (Lipinski definition) is 3. The molecule has 0 saturated carbocycles. The van der Waals surface area contributed by atoms with Crippen LogP contribution in [0.4, 0.5) is 0 Å². The van der Waals surface area contributed by atoms with Crippen molar-refractivity contribution in [1.29, 1.82) is 0 Å². The Hall–Kier alpha value is -7.89. The standard InChI is InChI=1S/C53H33N5/c1-4-17-35(18-5-1)51-54-52(36-19-6-2-7-20-36)56-53(55-51)43-27-14-26-40-39(43)25-15-29-47(40)58-49-33-48-44(32-45(49)42-31-30-34-16-10-11-23-38(34)50(42)58)41-24-12-13-28-46(41)57(48)37-21-8-3-9-22-37/h1-33H. The lowest BCUT2D eigenvalue weighted by atomic mass is 10.0. The highest BCUT2D eigenvalue weighted by molar-refractivity contribution is 6.24. The van der Waals surface area contributed by atoms with Crippen molar-refractivity contribution in [2.45, 2.75) is 0 Å². The van der Waals surface area contributed by atoms with Gasteiger partial charge in [-0.05, 0) is 47.2 Å². The van der Waals surface area contributed by atoms with Crippen LogP contribution in [-0.4, -0.2) is 24.1 Å². The predicted octanol–water partition coefficient (Wildman–Crippen LogP) is 13.4. The van der Waals surface area contributed by atoms with Gasteiger partial charge < -0.3 is 9.13 Å². The van der Waals surface area contributed by atoms with Crippen molar-refractivity contribution in [2.24, 2.45) is 0 Å². The Morgan fingerprint density at radius 1 is 0.310 bits per heavy atom. The Morgan fingerprint density at radius 3 is 1.64 bits per heavy atom. The Labute approximate surface area is 333 Å². The van der Waals surface area contributed by atoms with Gasteiger partial charge in [0.1, 0.15) is 0 Å². The molecule has 0 saturated heterocycles. The highest BCUT2D eigenvalue weighted by atomic mass is 15.0. The normalized spacial score (nSPS) is 11.8. The van der Waals surface area contributed by atoms with E-state index in [1.165, 1.54) is 48.9 Å². The number of fused-ring (bicyclic) bond motifs is 9. The van der Waals surface area contributed by atoms with Crippen molar-refractivity contribution < 1.29 is 0 Å². The zero-order valence-corrected chi connectivity index (χ0v) is 31.3. The summed E-state index contributed by atoms with van der Waals surface area (Å²) in [4.78, 5) is 15.3. The summed E-state index contributed by atoms with van der Waals surface area (Å²) < 4.78 is 4.89. The van der Waals surface area contributed by atoms with E-state index < -0.39 is 0 Å². The summed E-state index contributed by atoms with van der Waals surface area (Å²) >= 11 is 0. The monoisotopic (exact) mass is 739 g/mol. The summed E-state index contributed by atoms with van der Waals surface area (Å²) in [5, 5.41) is 9.50. The minimum absolute atomic E-state index is 0.636. The van der Waals surface area contributed by atoms with Crippen LogP contribution in [-0.2, 0) is 0 Å². The number of nitrogens with zero attached hydrogens (tertiary/aromatic N) is 5. The average molecular weight is 740 g/mol. The molecule has 0 unspecified atom stereocenters. The van der Waals surface area contributed by atoms with Gasteiger partial charge in [-0.3, -0.25) is 0 Å². The molecule has 0 aliphatic heterocycles. The van der Waals surface area contributed by atoms with Gasteiger partial charge in [-0.25, -0.2) is 15.0 Å². The molecule has 3 aromatic heterocycles. The molecule has 5 nitrogen and oxygen atoms in total. The maximum Gasteiger partial charge on any atom is 0.164 e. The summed E-state index contributed by atoms with van der Waals surface area (Å²) in [5.74, 6) is 1.92. The summed E-state index contributed by atoms with van der Waals surface area (Å²) in [6, 6.07) is 71.0. The second kappa shape index (κ2) is 12.8. The van der Waals surface area contributed by atoms with Gasteiger partial charge in [0.2, 0.25) is 0 Å². The van der Waals surface area contributed by atoms with Crippen LogP contribution in [0.25, 0.3) is 111 Å². The molecule has 270 valence electrons. The Bertz CT molecular complexity index is 3490. The van der Waals surface area contributed by atoms with Crippen molar-refractivity contribution in [3.8, 4) is 45.5 Å². The van der Waals surface area contributed by atoms with Gasteiger partial charge in [0.05, 0.1) is 27.8 Å². The quantitative estimate of drug-likeness (QED) is 0.177. The van der Waals surface area contributed by atoms with Gasteiger partial charge in [-0.2, -0.15) is 0 Å². The summed E-state index contributed by atoms with van der Waals surface area (Å²) in [7, 11) is 0. The largest absolute Gasteiger partial charge is 0.309 e. The van der Waals surface area contributed by atoms with E-state index in [1.807, 2.05) is 36.4 Å². The average Bonchev–Trinajstić information content (AvgIpc) is 3.80.